The van der Waals surface area contributed by atoms with E-state index < -0.39 is 0 Å². The molecule has 1 aromatic carbocycles. The molecule has 8 nitrogen and oxygen atoms in total. The van der Waals surface area contributed by atoms with Gasteiger partial charge in [0.15, 0.2) is 0 Å². The summed E-state index contributed by atoms with van der Waals surface area (Å²) in [7, 11) is 0. The molecule has 3 aromatic heterocycles. The summed E-state index contributed by atoms with van der Waals surface area (Å²) in [5, 5.41) is 13.4. The van der Waals surface area contributed by atoms with Crippen molar-refractivity contribution in [1.82, 2.24) is 24.9 Å². The van der Waals surface area contributed by atoms with Gasteiger partial charge in [0.05, 0.1) is 27.8 Å². The minimum Gasteiger partial charge on any atom is -0.320 e. The van der Waals surface area contributed by atoms with Crippen molar-refractivity contribution in [2.45, 2.75) is 18.8 Å². The summed E-state index contributed by atoms with van der Waals surface area (Å²) >= 11 is 1.37. The first kappa shape index (κ1) is 17.1. The number of anilines is 1. The van der Waals surface area contributed by atoms with Gasteiger partial charge in [0, 0.05) is 17.4 Å². The molecule has 0 aliphatic carbocycles. The number of aromatic nitrogens is 4. The van der Waals surface area contributed by atoms with Gasteiger partial charge in [-0.2, -0.15) is 5.10 Å². The highest BCUT2D eigenvalue weighted by molar-refractivity contribution is 7.07. The zero-order valence-electron chi connectivity index (χ0n) is 14.9. The van der Waals surface area contributed by atoms with Crippen molar-refractivity contribution in [3.05, 3.63) is 56.9 Å². The van der Waals surface area contributed by atoms with Crippen molar-refractivity contribution in [1.29, 1.82) is 0 Å². The van der Waals surface area contributed by atoms with Gasteiger partial charge >= 0.3 is 0 Å². The fourth-order valence-corrected chi connectivity index (χ4v) is 4.34. The second-order valence-corrected chi connectivity index (χ2v) is 7.59. The third kappa shape index (κ3) is 2.88. The van der Waals surface area contributed by atoms with Crippen molar-refractivity contribution in [3.8, 4) is 0 Å². The average molecular weight is 394 g/mol. The second kappa shape index (κ2) is 6.84. The first-order chi connectivity index (χ1) is 13.7. The van der Waals surface area contributed by atoms with Crippen molar-refractivity contribution in [3.63, 3.8) is 0 Å². The lowest BCUT2D eigenvalue weighted by Crippen LogP contribution is -2.28. The topological polar surface area (TPSA) is 104 Å². The van der Waals surface area contributed by atoms with E-state index in [0.717, 1.165) is 37.0 Å². The average Bonchev–Trinajstić information content (AvgIpc) is 3.36. The lowest BCUT2D eigenvalue weighted by Gasteiger charge is -2.23. The smallest absolute Gasteiger partial charge is 0.275 e. The van der Waals surface area contributed by atoms with Gasteiger partial charge in [-0.3, -0.25) is 9.59 Å². The molecule has 142 valence electrons. The summed E-state index contributed by atoms with van der Waals surface area (Å²) in [6, 6.07) is 7.17. The molecule has 4 aromatic rings. The predicted octanol–water partition coefficient (Wildman–Crippen LogP) is 2.35. The maximum Gasteiger partial charge on any atom is 0.275 e. The Bertz CT molecular complexity index is 1220. The van der Waals surface area contributed by atoms with Crippen molar-refractivity contribution in [2.24, 2.45) is 0 Å². The van der Waals surface area contributed by atoms with Gasteiger partial charge in [-0.15, -0.1) is 11.3 Å². The van der Waals surface area contributed by atoms with Gasteiger partial charge in [0.2, 0.25) is 0 Å². The monoisotopic (exact) mass is 394 g/mol. The van der Waals surface area contributed by atoms with Crippen LogP contribution in [0.4, 0.5) is 5.69 Å². The van der Waals surface area contributed by atoms with Crippen LogP contribution in [0.1, 0.15) is 34.9 Å². The number of nitrogens with zero attached hydrogens (tertiary/aromatic N) is 3. The quantitative estimate of drug-likeness (QED) is 0.495. The van der Waals surface area contributed by atoms with Crippen LogP contribution in [0.2, 0.25) is 0 Å². The van der Waals surface area contributed by atoms with E-state index in [2.05, 4.69) is 20.6 Å². The number of nitrogens with one attached hydrogen (secondary N) is 3. The van der Waals surface area contributed by atoms with Gasteiger partial charge in [-0.25, -0.2) is 9.50 Å². The minimum atomic E-state index is -0.287. The molecular weight excluding hydrogens is 376 g/mol. The van der Waals surface area contributed by atoms with Crippen molar-refractivity contribution >= 4 is 39.5 Å². The Morgan fingerprint density at radius 2 is 2.14 bits per heavy atom. The first-order valence-corrected chi connectivity index (χ1v) is 10.1. The molecular formula is C19H18N6O2S. The molecule has 0 atom stereocenters. The number of hydrogen-bond acceptors (Lipinski definition) is 6. The van der Waals surface area contributed by atoms with Crippen LogP contribution in [0.25, 0.3) is 16.6 Å². The highest BCUT2D eigenvalue weighted by Crippen LogP contribution is 2.30. The second-order valence-electron chi connectivity index (χ2n) is 6.87. The highest BCUT2D eigenvalue weighted by Gasteiger charge is 2.22. The zero-order chi connectivity index (χ0) is 19.1. The standard InChI is InChI=1S/C19H18N6O2S/c26-16-8-15(11-4-6-20-7-5-11)25-18(23-16)17-12(2-1-3-13(17)24-25)22-19(27)14-9-28-10-21-14/h1-3,8-11,20H,4-7H2,(H,22,27)(H,23,26). The summed E-state index contributed by atoms with van der Waals surface area (Å²) in [5.74, 6) is -0.0154. The number of carbonyl (C=O) groups is 1. The van der Waals surface area contributed by atoms with Crippen molar-refractivity contribution in [2.75, 3.05) is 18.4 Å². The molecule has 4 heterocycles. The van der Waals surface area contributed by atoms with Gasteiger partial charge in [0.25, 0.3) is 11.5 Å². The minimum absolute atomic E-state index is 0.163. The zero-order valence-corrected chi connectivity index (χ0v) is 15.8. The summed E-state index contributed by atoms with van der Waals surface area (Å²) in [6.45, 7) is 1.85. The van der Waals surface area contributed by atoms with Crippen LogP contribution in [-0.2, 0) is 0 Å². The third-order valence-electron chi connectivity index (χ3n) is 5.13. The van der Waals surface area contributed by atoms with E-state index in [0.29, 0.717) is 22.5 Å². The molecule has 3 N–H and O–H groups in total. The first-order valence-electron chi connectivity index (χ1n) is 9.15. The van der Waals surface area contributed by atoms with Crippen LogP contribution in [0, 0.1) is 0 Å². The Labute approximate surface area is 163 Å². The van der Waals surface area contributed by atoms with E-state index in [-0.39, 0.29) is 17.4 Å². The van der Waals surface area contributed by atoms with Crippen LogP contribution in [0.5, 0.6) is 0 Å². The van der Waals surface area contributed by atoms with E-state index in [4.69, 9.17) is 5.10 Å². The van der Waals surface area contributed by atoms with E-state index in [1.807, 2.05) is 22.7 Å². The molecule has 9 heteroatoms. The Morgan fingerprint density at radius 1 is 1.29 bits per heavy atom. The molecule has 1 fully saturated rings. The van der Waals surface area contributed by atoms with Crippen LogP contribution >= 0.6 is 11.3 Å². The predicted molar refractivity (Wildman–Crippen MR) is 108 cm³/mol. The van der Waals surface area contributed by atoms with Crippen LogP contribution in [0.15, 0.2) is 40.0 Å². The van der Waals surface area contributed by atoms with Gasteiger partial charge in [-0.1, -0.05) is 6.07 Å². The summed E-state index contributed by atoms with van der Waals surface area (Å²) < 4.78 is 1.82. The van der Waals surface area contributed by atoms with E-state index in [9.17, 15) is 9.59 Å². The number of thiazole rings is 1. The maximum atomic E-state index is 12.5. The fourth-order valence-electron chi connectivity index (χ4n) is 3.81. The van der Waals surface area contributed by atoms with E-state index in [1.54, 1.807) is 17.0 Å². The summed E-state index contributed by atoms with van der Waals surface area (Å²) in [6.07, 6.45) is 1.92. The van der Waals surface area contributed by atoms with E-state index >= 15 is 0 Å². The van der Waals surface area contributed by atoms with Gasteiger partial charge in [-0.05, 0) is 38.1 Å². The molecule has 0 spiro atoms. The molecule has 0 unspecified atom stereocenters. The number of aromatic amines is 1. The number of piperidine rings is 1. The molecule has 0 radical (unpaired) electrons. The Hall–Kier alpha value is -3.04. The van der Waals surface area contributed by atoms with Gasteiger partial charge < -0.3 is 15.6 Å². The number of fused-ring (bicyclic) bond motifs is 3. The highest BCUT2D eigenvalue weighted by atomic mass is 32.1. The number of carbonyl (C=O) groups excluding carboxylic acids is 1. The molecule has 28 heavy (non-hydrogen) atoms. The van der Waals surface area contributed by atoms with Crippen LogP contribution < -0.4 is 16.2 Å². The lowest BCUT2D eigenvalue weighted by atomic mass is 9.94. The number of hydrogen-bond donors (Lipinski definition) is 3. The van der Waals surface area contributed by atoms with Crippen LogP contribution in [0.3, 0.4) is 0 Å². The molecule has 0 saturated carbocycles. The SMILES string of the molecule is O=C(Nc1cccc2nn3c(C4CCNCC4)cc(=O)[nH]c3c12)c1cscn1. The molecule has 1 amide bonds. The number of rotatable bonds is 3. The van der Waals surface area contributed by atoms with E-state index in [1.165, 1.54) is 11.3 Å². The number of amides is 1. The molecule has 5 rings (SSSR count). The summed E-state index contributed by atoms with van der Waals surface area (Å²) in [4.78, 5) is 31.8. The Kier molecular flexibility index (Phi) is 4.18. The lowest BCUT2D eigenvalue weighted by molar-refractivity contribution is 0.102. The largest absolute Gasteiger partial charge is 0.320 e. The maximum absolute atomic E-state index is 12.5. The number of benzene rings is 1. The molecule has 1 aliphatic heterocycles. The molecule has 1 aliphatic rings. The third-order valence-corrected chi connectivity index (χ3v) is 5.72. The normalized spacial score (nSPS) is 15.3. The Morgan fingerprint density at radius 3 is 2.93 bits per heavy atom. The van der Waals surface area contributed by atoms with Crippen molar-refractivity contribution < 1.29 is 4.79 Å². The molecule has 0 bridgehead atoms. The molecule has 1 saturated heterocycles. The summed E-state index contributed by atoms with van der Waals surface area (Å²) in [5.41, 5.74) is 4.65. The van der Waals surface area contributed by atoms with Crippen LogP contribution in [-0.4, -0.2) is 38.6 Å². The van der Waals surface area contributed by atoms with Gasteiger partial charge in [0.1, 0.15) is 11.3 Å². The number of H-pyrrole nitrogens is 1. The fraction of sp³-hybridized carbons (Fsp3) is 0.263. The Balaban J connectivity index is 1.67.